The summed E-state index contributed by atoms with van der Waals surface area (Å²) in [6.45, 7) is 6.67. The molecule has 0 spiro atoms. The van der Waals surface area contributed by atoms with Crippen molar-refractivity contribution in [1.82, 2.24) is 20.2 Å². The quantitative estimate of drug-likeness (QED) is 0.611. The van der Waals surface area contributed by atoms with Gasteiger partial charge in [0.15, 0.2) is 17.3 Å². The Bertz CT molecular complexity index is 785. The van der Waals surface area contributed by atoms with Crippen molar-refractivity contribution in [3.05, 3.63) is 29.6 Å². The third-order valence-corrected chi connectivity index (χ3v) is 4.54. The lowest BCUT2D eigenvalue weighted by Gasteiger charge is -2.16. The van der Waals surface area contributed by atoms with Crippen molar-refractivity contribution in [3.8, 4) is 11.5 Å². The molecule has 134 valence electrons. The number of ether oxygens (including phenoxy) is 2. The number of hydrogen-bond acceptors (Lipinski definition) is 7. The van der Waals surface area contributed by atoms with Crippen molar-refractivity contribution in [1.29, 1.82) is 0 Å². The lowest BCUT2D eigenvalue weighted by atomic mass is 9.96. The minimum Gasteiger partial charge on any atom is -0.454 e. The van der Waals surface area contributed by atoms with Crippen LogP contribution in [0.1, 0.15) is 32.2 Å². The Morgan fingerprint density at radius 3 is 2.80 bits per heavy atom. The number of nitrogen functional groups attached to an aromatic ring is 1. The molecule has 0 unspecified atom stereocenters. The van der Waals surface area contributed by atoms with E-state index < -0.39 is 0 Å². The Balaban J connectivity index is 1.51. The van der Waals surface area contributed by atoms with Crippen LogP contribution in [0.3, 0.4) is 0 Å². The second-order valence-corrected chi connectivity index (χ2v) is 7.62. The summed E-state index contributed by atoms with van der Waals surface area (Å²) in [4.78, 5) is 12.1. The fourth-order valence-corrected chi connectivity index (χ4v) is 3.01. The lowest BCUT2D eigenvalue weighted by Crippen LogP contribution is -2.26. The number of fused-ring (bicyclic) bond motifs is 1. The summed E-state index contributed by atoms with van der Waals surface area (Å²) in [6.07, 6.45) is 0. The first kappa shape index (κ1) is 17.4. The molecule has 1 aromatic heterocycles. The number of aromatic nitrogens is 3. The Morgan fingerprint density at radius 1 is 1.32 bits per heavy atom. The zero-order valence-corrected chi connectivity index (χ0v) is 15.2. The SMILES string of the molecule is CC(C)(C)c1nnc(SCC(=O)NCc2ccc3c(c2)OCO3)n1N. The molecule has 1 aliphatic rings. The van der Waals surface area contributed by atoms with Crippen LogP contribution in [0.5, 0.6) is 11.5 Å². The average Bonchev–Trinajstić information content (AvgIpc) is 3.16. The minimum atomic E-state index is -0.206. The maximum Gasteiger partial charge on any atom is 0.231 e. The molecular formula is C16H21N5O3S. The van der Waals surface area contributed by atoms with E-state index in [1.807, 2.05) is 39.0 Å². The number of carbonyl (C=O) groups excluding carboxylic acids is 1. The van der Waals surface area contributed by atoms with Gasteiger partial charge in [-0.2, -0.15) is 0 Å². The van der Waals surface area contributed by atoms with Gasteiger partial charge in [-0.15, -0.1) is 10.2 Å². The van der Waals surface area contributed by atoms with E-state index in [0.29, 0.717) is 23.3 Å². The highest BCUT2D eigenvalue weighted by molar-refractivity contribution is 7.99. The molecule has 3 N–H and O–H groups in total. The van der Waals surface area contributed by atoms with Crippen molar-refractivity contribution >= 4 is 17.7 Å². The number of nitrogens with two attached hydrogens (primary N) is 1. The van der Waals surface area contributed by atoms with Gasteiger partial charge in [0.05, 0.1) is 5.75 Å². The van der Waals surface area contributed by atoms with Crippen molar-refractivity contribution < 1.29 is 14.3 Å². The molecule has 0 aliphatic carbocycles. The van der Waals surface area contributed by atoms with Crippen LogP contribution in [0.25, 0.3) is 0 Å². The smallest absolute Gasteiger partial charge is 0.231 e. The molecule has 9 heteroatoms. The van der Waals surface area contributed by atoms with Gasteiger partial charge in [0.1, 0.15) is 0 Å². The van der Waals surface area contributed by atoms with Crippen LogP contribution in [-0.2, 0) is 16.8 Å². The fraction of sp³-hybridized carbons (Fsp3) is 0.438. The van der Waals surface area contributed by atoms with Gasteiger partial charge in [-0.1, -0.05) is 38.6 Å². The molecule has 0 saturated heterocycles. The van der Waals surface area contributed by atoms with Crippen LogP contribution < -0.4 is 20.6 Å². The van der Waals surface area contributed by atoms with E-state index in [9.17, 15) is 4.79 Å². The van der Waals surface area contributed by atoms with Gasteiger partial charge in [-0.3, -0.25) is 4.79 Å². The highest BCUT2D eigenvalue weighted by atomic mass is 32.2. The number of amides is 1. The van der Waals surface area contributed by atoms with Gasteiger partial charge >= 0.3 is 0 Å². The summed E-state index contributed by atoms with van der Waals surface area (Å²) in [5.41, 5.74) is 0.738. The Morgan fingerprint density at radius 2 is 2.08 bits per heavy atom. The predicted octanol–water partition coefficient (Wildman–Crippen LogP) is 1.43. The Labute approximate surface area is 150 Å². The van der Waals surface area contributed by atoms with Crippen molar-refractivity contribution in [2.75, 3.05) is 18.4 Å². The van der Waals surface area contributed by atoms with E-state index >= 15 is 0 Å². The number of hydrogen-bond donors (Lipinski definition) is 2. The van der Waals surface area contributed by atoms with E-state index in [4.69, 9.17) is 15.3 Å². The molecule has 2 heterocycles. The zero-order chi connectivity index (χ0) is 18.0. The lowest BCUT2D eigenvalue weighted by molar-refractivity contribution is -0.118. The number of rotatable bonds is 5. The van der Waals surface area contributed by atoms with E-state index in [1.165, 1.54) is 16.4 Å². The van der Waals surface area contributed by atoms with Gasteiger partial charge in [-0.25, -0.2) is 4.68 Å². The van der Waals surface area contributed by atoms with Crippen LogP contribution in [0.4, 0.5) is 0 Å². The van der Waals surface area contributed by atoms with Crippen LogP contribution in [-0.4, -0.2) is 33.3 Å². The predicted molar refractivity (Wildman–Crippen MR) is 94.0 cm³/mol. The van der Waals surface area contributed by atoms with Gasteiger partial charge < -0.3 is 20.6 Å². The maximum absolute atomic E-state index is 12.1. The first-order chi connectivity index (χ1) is 11.8. The fourth-order valence-electron chi connectivity index (χ4n) is 2.32. The minimum absolute atomic E-state index is 0.108. The standard InChI is InChI=1S/C16H21N5O3S/c1-16(2,3)14-19-20-15(21(14)17)25-8-13(22)18-7-10-4-5-11-12(6-10)24-9-23-11/h4-6H,7-9,17H2,1-3H3,(H,18,22). The summed E-state index contributed by atoms with van der Waals surface area (Å²) in [5, 5.41) is 11.5. The topological polar surface area (TPSA) is 104 Å². The van der Waals surface area contributed by atoms with Gasteiger partial charge in [0.25, 0.3) is 0 Å². The molecule has 25 heavy (non-hydrogen) atoms. The number of carbonyl (C=O) groups is 1. The summed E-state index contributed by atoms with van der Waals surface area (Å²) >= 11 is 1.25. The zero-order valence-electron chi connectivity index (χ0n) is 14.4. The summed E-state index contributed by atoms with van der Waals surface area (Å²) in [5.74, 6) is 8.21. The number of benzene rings is 1. The average molecular weight is 363 g/mol. The number of thioether (sulfide) groups is 1. The third kappa shape index (κ3) is 3.98. The van der Waals surface area contributed by atoms with Crippen LogP contribution in [0.2, 0.25) is 0 Å². The Kier molecular flexibility index (Phi) is 4.76. The number of nitrogens with one attached hydrogen (secondary N) is 1. The summed E-state index contributed by atoms with van der Waals surface area (Å²) in [6, 6.07) is 5.60. The highest BCUT2D eigenvalue weighted by Crippen LogP contribution is 2.32. The highest BCUT2D eigenvalue weighted by Gasteiger charge is 2.23. The normalized spacial score (nSPS) is 13.1. The third-order valence-electron chi connectivity index (χ3n) is 3.59. The molecule has 0 atom stereocenters. The molecule has 1 aliphatic heterocycles. The summed E-state index contributed by atoms with van der Waals surface area (Å²) in [7, 11) is 0. The molecule has 8 nitrogen and oxygen atoms in total. The first-order valence-electron chi connectivity index (χ1n) is 7.83. The van der Waals surface area contributed by atoms with Gasteiger partial charge in [0.2, 0.25) is 17.9 Å². The largest absolute Gasteiger partial charge is 0.454 e. The molecule has 1 amide bonds. The second-order valence-electron chi connectivity index (χ2n) is 6.68. The van der Waals surface area contributed by atoms with Crippen LogP contribution in [0, 0.1) is 0 Å². The second kappa shape index (κ2) is 6.83. The molecule has 0 radical (unpaired) electrons. The van der Waals surface area contributed by atoms with Crippen molar-refractivity contribution in [3.63, 3.8) is 0 Å². The Hall–Kier alpha value is -2.42. The van der Waals surface area contributed by atoms with E-state index in [2.05, 4.69) is 15.5 Å². The molecule has 1 aromatic carbocycles. The van der Waals surface area contributed by atoms with Crippen LogP contribution in [0.15, 0.2) is 23.4 Å². The molecular weight excluding hydrogens is 342 g/mol. The molecule has 2 aromatic rings. The van der Waals surface area contributed by atoms with Gasteiger partial charge in [0, 0.05) is 12.0 Å². The van der Waals surface area contributed by atoms with E-state index in [1.54, 1.807) is 0 Å². The van der Waals surface area contributed by atoms with E-state index in [-0.39, 0.29) is 23.9 Å². The molecule has 0 saturated carbocycles. The van der Waals surface area contributed by atoms with Crippen LogP contribution >= 0.6 is 11.8 Å². The molecule has 3 rings (SSSR count). The van der Waals surface area contributed by atoms with E-state index in [0.717, 1.165) is 11.3 Å². The van der Waals surface area contributed by atoms with Crippen molar-refractivity contribution in [2.24, 2.45) is 0 Å². The first-order valence-corrected chi connectivity index (χ1v) is 8.82. The van der Waals surface area contributed by atoms with Gasteiger partial charge in [-0.05, 0) is 17.7 Å². The summed E-state index contributed by atoms with van der Waals surface area (Å²) < 4.78 is 12.0. The maximum atomic E-state index is 12.1. The molecule has 0 bridgehead atoms. The number of nitrogens with zero attached hydrogens (tertiary/aromatic N) is 3. The van der Waals surface area contributed by atoms with Crippen molar-refractivity contribution in [2.45, 2.75) is 37.9 Å². The monoisotopic (exact) mass is 363 g/mol. The molecule has 0 fully saturated rings.